The summed E-state index contributed by atoms with van der Waals surface area (Å²) in [5, 5.41) is 7.16. The highest BCUT2D eigenvalue weighted by atomic mass is 16.1. The van der Waals surface area contributed by atoms with Gasteiger partial charge in [0.05, 0.1) is 12.2 Å². The van der Waals surface area contributed by atoms with Gasteiger partial charge in [-0.25, -0.2) is 4.68 Å². The van der Waals surface area contributed by atoms with Crippen LogP contribution in [0.4, 0.5) is 5.82 Å². The first kappa shape index (κ1) is 11.9. The van der Waals surface area contributed by atoms with Crippen molar-refractivity contribution >= 4 is 11.7 Å². The van der Waals surface area contributed by atoms with Crippen LogP contribution in [0.3, 0.4) is 0 Å². The van der Waals surface area contributed by atoms with E-state index < -0.39 is 0 Å². The van der Waals surface area contributed by atoms with E-state index in [4.69, 9.17) is 0 Å². The van der Waals surface area contributed by atoms with Gasteiger partial charge in [0.1, 0.15) is 5.82 Å². The summed E-state index contributed by atoms with van der Waals surface area (Å²) in [7, 11) is 0. The van der Waals surface area contributed by atoms with Gasteiger partial charge in [-0.1, -0.05) is 5.57 Å². The van der Waals surface area contributed by atoms with Crippen LogP contribution >= 0.6 is 0 Å². The van der Waals surface area contributed by atoms with Crippen molar-refractivity contribution in [3.05, 3.63) is 23.9 Å². The average Bonchev–Trinajstić information content (AvgIpc) is 2.98. The number of rotatable bonds is 4. The summed E-state index contributed by atoms with van der Waals surface area (Å²) in [5.41, 5.74) is 0.990. The van der Waals surface area contributed by atoms with Gasteiger partial charge in [0, 0.05) is 12.1 Å². The third kappa shape index (κ3) is 2.96. The van der Waals surface area contributed by atoms with Gasteiger partial charge in [-0.15, -0.1) is 0 Å². The first-order valence-electron chi connectivity index (χ1n) is 6.07. The predicted molar refractivity (Wildman–Crippen MR) is 67.7 cm³/mol. The molecule has 1 unspecified atom stereocenters. The van der Waals surface area contributed by atoms with Crippen LogP contribution in [0, 0.1) is 5.92 Å². The van der Waals surface area contributed by atoms with E-state index in [1.54, 1.807) is 12.3 Å². The first-order chi connectivity index (χ1) is 8.08. The van der Waals surface area contributed by atoms with E-state index >= 15 is 0 Å². The number of aromatic nitrogens is 2. The van der Waals surface area contributed by atoms with Gasteiger partial charge >= 0.3 is 0 Å². The number of hydrogen-bond acceptors (Lipinski definition) is 2. The normalized spacial score (nSPS) is 16.4. The molecule has 1 aliphatic carbocycles. The van der Waals surface area contributed by atoms with E-state index in [9.17, 15) is 4.79 Å². The number of nitrogens with one attached hydrogen (secondary N) is 1. The van der Waals surface area contributed by atoms with E-state index in [-0.39, 0.29) is 5.91 Å². The second kappa shape index (κ2) is 4.73. The Hall–Kier alpha value is -1.58. The monoisotopic (exact) mass is 233 g/mol. The molecule has 1 N–H and O–H groups in total. The van der Waals surface area contributed by atoms with Crippen molar-refractivity contribution in [1.82, 2.24) is 9.78 Å². The molecular weight excluding hydrogens is 214 g/mol. The summed E-state index contributed by atoms with van der Waals surface area (Å²) in [5.74, 6) is 1.41. The summed E-state index contributed by atoms with van der Waals surface area (Å²) in [6, 6.07) is 2.21. The van der Waals surface area contributed by atoms with Crippen molar-refractivity contribution in [2.45, 2.75) is 39.7 Å². The van der Waals surface area contributed by atoms with Crippen LogP contribution in [-0.4, -0.2) is 15.7 Å². The van der Waals surface area contributed by atoms with Gasteiger partial charge in [0.2, 0.25) is 5.91 Å². The summed E-state index contributed by atoms with van der Waals surface area (Å²) in [6.07, 6.45) is 5.86. The molecule has 1 fully saturated rings. The molecule has 92 valence electrons. The Morgan fingerprint density at radius 2 is 2.29 bits per heavy atom. The van der Waals surface area contributed by atoms with Crippen molar-refractivity contribution in [3.63, 3.8) is 0 Å². The Labute approximate surface area is 102 Å². The Bertz CT molecular complexity index is 439. The van der Waals surface area contributed by atoms with Gasteiger partial charge in [0.25, 0.3) is 0 Å². The molecular formula is C13H19N3O. The lowest BCUT2D eigenvalue weighted by Crippen LogP contribution is -2.16. The first-order valence-corrected chi connectivity index (χ1v) is 6.07. The molecule has 17 heavy (non-hydrogen) atoms. The largest absolute Gasteiger partial charge is 0.307 e. The molecule has 4 nitrogen and oxygen atoms in total. The summed E-state index contributed by atoms with van der Waals surface area (Å²) in [4.78, 5) is 11.7. The lowest BCUT2D eigenvalue weighted by molar-refractivity contribution is -0.112. The van der Waals surface area contributed by atoms with E-state index in [1.165, 1.54) is 12.8 Å². The minimum atomic E-state index is -0.0882. The molecule has 1 heterocycles. The minimum Gasteiger partial charge on any atom is -0.307 e. The van der Waals surface area contributed by atoms with Crippen molar-refractivity contribution < 1.29 is 4.79 Å². The highest BCUT2D eigenvalue weighted by Gasteiger charge is 2.30. The van der Waals surface area contributed by atoms with Crippen molar-refractivity contribution in [1.29, 1.82) is 0 Å². The highest BCUT2D eigenvalue weighted by Crippen LogP contribution is 2.40. The van der Waals surface area contributed by atoms with Crippen LogP contribution in [0.2, 0.25) is 0 Å². The molecule has 0 spiro atoms. The molecule has 2 rings (SSSR count). The zero-order valence-electron chi connectivity index (χ0n) is 10.6. The molecule has 1 aromatic heterocycles. The lowest BCUT2D eigenvalue weighted by atomic mass is 10.2. The molecule has 4 heteroatoms. The summed E-state index contributed by atoms with van der Waals surface area (Å²) < 4.78 is 1.91. The molecule has 1 saturated carbocycles. The van der Waals surface area contributed by atoms with Crippen molar-refractivity contribution in [2.24, 2.45) is 5.92 Å². The zero-order valence-corrected chi connectivity index (χ0v) is 10.6. The Kier molecular flexibility index (Phi) is 3.31. The quantitative estimate of drug-likeness (QED) is 0.813. The van der Waals surface area contributed by atoms with Gasteiger partial charge in [-0.3, -0.25) is 4.79 Å². The van der Waals surface area contributed by atoms with Crippen molar-refractivity contribution in [2.75, 3.05) is 5.32 Å². The molecule has 0 aromatic carbocycles. The maximum atomic E-state index is 11.7. The Morgan fingerprint density at radius 3 is 2.88 bits per heavy atom. The van der Waals surface area contributed by atoms with Gasteiger partial charge in [-0.2, -0.15) is 5.10 Å². The van der Waals surface area contributed by atoms with Crippen LogP contribution in [0.15, 0.2) is 23.9 Å². The molecule has 0 radical (unpaired) electrons. The van der Waals surface area contributed by atoms with Crippen LogP contribution in [0.25, 0.3) is 0 Å². The lowest BCUT2D eigenvalue weighted by Gasteiger charge is -2.14. The maximum Gasteiger partial charge on any atom is 0.249 e. The topological polar surface area (TPSA) is 46.9 Å². The number of carbonyl (C=O) groups is 1. The SMILES string of the molecule is CC(C)=CC(=O)Nc1ccnn1C(C)C1CC1. The third-order valence-electron chi connectivity index (χ3n) is 3.03. The maximum absolute atomic E-state index is 11.7. The molecule has 1 amide bonds. The van der Waals surface area contributed by atoms with Crippen LogP contribution < -0.4 is 5.32 Å². The van der Waals surface area contributed by atoms with E-state index in [1.807, 2.05) is 24.6 Å². The number of hydrogen-bond donors (Lipinski definition) is 1. The Morgan fingerprint density at radius 1 is 1.59 bits per heavy atom. The number of amides is 1. The number of allylic oxidation sites excluding steroid dienone is 1. The number of carbonyl (C=O) groups excluding carboxylic acids is 1. The predicted octanol–water partition coefficient (Wildman–Crippen LogP) is 2.76. The molecule has 0 aliphatic heterocycles. The molecule has 0 saturated heterocycles. The fraction of sp³-hybridized carbons (Fsp3) is 0.538. The number of anilines is 1. The van der Waals surface area contributed by atoms with Crippen LogP contribution in [-0.2, 0) is 4.79 Å². The van der Waals surface area contributed by atoms with E-state index in [0.717, 1.165) is 11.4 Å². The standard InChI is InChI=1S/C13H19N3O/c1-9(2)8-13(17)15-12-6-7-14-16(12)10(3)11-4-5-11/h6-8,10-11H,4-5H2,1-3H3,(H,15,17). The molecule has 1 atom stereocenters. The minimum absolute atomic E-state index is 0.0882. The van der Waals surface area contributed by atoms with E-state index in [0.29, 0.717) is 12.0 Å². The van der Waals surface area contributed by atoms with Gasteiger partial charge in [-0.05, 0) is 39.5 Å². The molecule has 1 aliphatic rings. The second-order valence-corrected chi connectivity index (χ2v) is 4.95. The second-order valence-electron chi connectivity index (χ2n) is 4.95. The zero-order chi connectivity index (χ0) is 12.4. The fourth-order valence-corrected chi connectivity index (χ4v) is 1.94. The summed E-state index contributed by atoms with van der Waals surface area (Å²) >= 11 is 0. The van der Waals surface area contributed by atoms with Crippen molar-refractivity contribution in [3.8, 4) is 0 Å². The average molecular weight is 233 g/mol. The van der Waals surface area contributed by atoms with E-state index in [2.05, 4.69) is 17.3 Å². The van der Waals surface area contributed by atoms with Crippen LogP contribution in [0.5, 0.6) is 0 Å². The third-order valence-corrected chi connectivity index (χ3v) is 3.03. The fourth-order valence-electron chi connectivity index (χ4n) is 1.94. The summed E-state index contributed by atoms with van der Waals surface area (Å²) in [6.45, 7) is 5.97. The molecule has 1 aromatic rings. The number of nitrogens with zero attached hydrogens (tertiary/aromatic N) is 2. The van der Waals surface area contributed by atoms with Gasteiger partial charge in [0.15, 0.2) is 0 Å². The smallest absolute Gasteiger partial charge is 0.249 e. The van der Waals surface area contributed by atoms with Gasteiger partial charge < -0.3 is 5.32 Å². The molecule has 0 bridgehead atoms. The van der Waals surface area contributed by atoms with Crippen LogP contribution in [0.1, 0.15) is 39.7 Å². The highest BCUT2D eigenvalue weighted by molar-refractivity contribution is 5.99. The Balaban J connectivity index is 2.08.